The Hall–Kier alpha value is -2.13. The van der Waals surface area contributed by atoms with Gasteiger partial charge in [-0.25, -0.2) is 4.21 Å². The summed E-state index contributed by atoms with van der Waals surface area (Å²) in [7, 11) is 0. The van der Waals surface area contributed by atoms with Gasteiger partial charge in [0.2, 0.25) is 11.2 Å². The molecule has 1 aliphatic heterocycles. The van der Waals surface area contributed by atoms with Gasteiger partial charge in [0.25, 0.3) is 5.91 Å². The summed E-state index contributed by atoms with van der Waals surface area (Å²) >= 11 is -1.55. The lowest BCUT2D eigenvalue weighted by molar-refractivity contribution is -0.136. The predicted molar refractivity (Wildman–Crippen MR) is 102 cm³/mol. The number of carbonyl (C=O) groups is 1. The number of anilines is 1. The molecule has 0 saturated heterocycles. The highest BCUT2D eigenvalue weighted by atomic mass is 32.2. The van der Waals surface area contributed by atoms with E-state index >= 15 is 0 Å². The van der Waals surface area contributed by atoms with E-state index in [9.17, 15) is 14.1 Å². The molecular formula is C17H26N4O4S. The van der Waals surface area contributed by atoms with Crippen molar-refractivity contribution in [3.8, 4) is 5.75 Å². The third-order valence-electron chi connectivity index (χ3n) is 3.83. The molecule has 26 heavy (non-hydrogen) atoms. The zero-order valence-corrected chi connectivity index (χ0v) is 15.9. The maximum atomic E-state index is 11.5. The summed E-state index contributed by atoms with van der Waals surface area (Å²) < 4.78 is 23.8. The van der Waals surface area contributed by atoms with Crippen molar-refractivity contribution in [2.75, 3.05) is 17.9 Å². The Bertz CT molecular complexity index is 700. The van der Waals surface area contributed by atoms with Gasteiger partial charge in [-0.15, -0.1) is 0 Å². The molecule has 9 heteroatoms. The zero-order chi connectivity index (χ0) is 19.2. The molecule has 1 amide bonds. The minimum absolute atomic E-state index is 0.204. The lowest BCUT2D eigenvalue weighted by atomic mass is 10.1. The minimum atomic E-state index is -1.55. The first-order valence-corrected chi connectivity index (χ1v) is 9.69. The summed E-state index contributed by atoms with van der Waals surface area (Å²) in [6, 6.07) is 5.40. The van der Waals surface area contributed by atoms with Gasteiger partial charge < -0.3 is 20.9 Å². The Kier molecular flexibility index (Phi) is 6.98. The molecule has 0 radical (unpaired) electrons. The predicted octanol–water partition coefficient (Wildman–Crippen LogP) is 1.22. The van der Waals surface area contributed by atoms with Crippen LogP contribution in [0.4, 0.5) is 5.69 Å². The number of unbranched alkanes of at least 4 members (excludes halogenated alkanes) is 3. The molecule has 1 unspecified atom stereocenters. The molecule has 0 spiro atoms. The second kappa shape index (κ2) is 9.00. The topological polar surface area (TPSA) is 126 Å². The molecule has 144 valence electrons. The first-order valence-electron chi connectivity index (χ1n) is 8.58. The van der Waals surface area contributed by atoms with E-state index < -0.39 is 16.8 Å². The van der Waals surface area contributed by atoms with E-state index in [1.807, 2.05) is 12.1 Å². The van der Waals surface area contributed by atoms with Crippen molar-refractivity contribution in [1.82, 2.24) is 5.32 Å². The molecule has 1 aliphatic rings. The molecule has 0 aromatic heterocycles. The molecule has 1 aromatic rings. The summed E-state index contributed by atoms with van der Waals surface area (Å²) in [6.07, 6.45) is 3.61. The molecule has 1 aromatic carbocycles. The Balaban J connectivity index is 1.68. The van der Waals surface area contributed by atoms with Crippen molar-refractivity contribution in [2.45, 2.75) is 45.1 Å². The van der Waals surface area contributed by atoms with E-state index in [0.29, 0.717) is 30.2 Å². The van der Waals surface area contributed by atoms with Crippen molar-refractivity contribution in [1.29, 1.82) is 0 Å². The second-order valence-corrected chi connectivity index (χ2v) is 7.47. The van der Waals surface area contributed by atoms with Gasteiger partial charge in [-0.05, 0) is 38.8 Å². The van der Waals surface area contributed by atoms with Crippen LogP contribution in [0.1, 0.15) is 45.1 Å². The maximum Gasteiger partial charge on any atom is 0.251 e. The lowest BCUT2D eigenvalue weighted by Crippen LogP contribution is -2.42. The fraction of sp³-hybridized carbons (Fsp3) is 0.529. The number of fused-ring (bicyclic) bond motifs is 1. The highest BCUT2D eigenvalue weighted by Gasteiger charge is 2.22. The van der Waals surface area contributed by atoms with Gasteiger partial charge >= 0.3 is 0 Å². The first-order chi connectivity index (χ1) is 12.3. The van der Waals surface area contributed by atoms with E-state index in [0.717, 1.165) is 25.7 Å². The number of nitrogens with two attached hydrogens (primary N) is 1. The molecule has 5 N–H and O–H groups in total. The van der Waals surface area contributed by atoms with Crippen molar-refractivity contribution < 1.29 is 18.8 Å². The van der Waals surface area contributed by atoms with E-state index in [-0.39, 0.29) is 11.7 Å². The van der Waals surface area contributed by atoms with Crippen molar-refractivity contribution >= 4 is 28.6 Å². The van der Waals surface area contributed by atoms with Gasteiger partial charge in [-0.3, -0.25) is 9.52 Å². The van der Waals surface area contributed by atoms with Crippen LogP contribution < -0.4 is 20.5 Å². The van der Waals surface area contributed by atoms with Crippen molar-refractivity contribution in [2.24, 2.45) is 10.1 Å². The minimum Gasteiger partial charge on any atom is -0.493 e. The van der Waals surface area contributed by atoms with Gasteiger partial charge in [0.15, 0.2) is 0 Å². The molecule has 0 aliphatic carbocycles. The molecule has 0 saturated carbocycles. The number of hydrogen-bond donors (Lipinski definition) is 4. The summed E-state index contributed by atoms with van der Waals surface area (Å²) in [5.74, 6) is 0.462. The van der Waals surface area contributed by atoms with Crippen molar-refractivity contribution in [3.63, 3.8) is 0 Å². The number of hydrogen-bond acceptors (Lipinski definition) is 5. The number of aliphatic hydroxyl groups is 1. The van der Waals surface area contributed by atoms with E-state index in [2.05, 4.69) is 14.4 Å². The van der Waals surface area contributed by atoms with E-state index in [4.69, 9.17) is 10.5 Å². The fourth-order valence-corrected chi connectivity index (χ4v) is 3.11. The summed E-state index contributed by atoms with van der Waals surface area (Å²) in [5.41, 5.74) is 5.81. The van der Waals surface area contributed by atoms with Crippen LogP contribution in [-0.4, -0.2) is 39.8 Å². The highest BCUT2D eigenvalue weighted by molar-refractivity contribution is 7.85. The summed E-state index contributed by atoms with van der Waals surface area (Å²) in [6.45, 7) is 4.01. The smallest absolute Gasteiger partial charge is 0.251 e. The Morgan fingerprint density at radius 1 is 1.35 bits per heavy atom. The number of nitrogens with zero attached hydrogens (tertiary/aromatic N) is 1. The maximum absolute atomic E-state index is 11.5. The SMILES string of the molecule is CC(C)(O)C(=O)NCCCCCCOc1cccc2c1C(N)=NS(=O)N2. The standard InChI is InChI=1S/C17H26N4O4S/c1-17(2,23)16(22)19-10-5-3-4-6-11-25-13-9-7-8-12-14(13)15(18)21-26(24)20-12/h7-9,20,23H,3-6,10-11H2,1-2H3,(H2,18,21)(H,19,22). The quantitative estimate of drug-likeness (QED) is 0.478. The van der Waals surface area contributed by atoms with E-state index in [1.165, 1.54) is 13.8 Å². The highest BCUT2D eigenvalue weighted by Crippen LogP contribution is 2.29. The lowest BCUT2D eigenvalue weighted by Gasteiger charge is -2.18. The number of nitrogens with one attached hydrogen (secondary N) is 2. The van der Waals surface area contributed by atoms with Gasteiger partial charge in [0.05, 0.1) is 17.9 Å². The normalized spacial score (nSPS) is 16.3. The Morgan fingerprint density at radius 2 is 2.08 bits per heavy atom. The van der Waals surface area contributed by atoms with Gasteiger partial charge in [0, 0.05) is 6.54 Å². The van der Waals surface area contributed by atoms with Crippen LogP contribution in [0.15, 0.2) is 22.6 Å². The number of amidine groups is 1. The van der Waals surface area contributed by atoms with E-state index in [1.54, 1.807) is 6.07 Å². The molecule has 1 atom stereocenters. The summed E-state index contributed by atoms with van der Waals surface area (Å²) in [4.78, 5) is 11.5. The van der Waals surface area contributed by atoms with Gasteiger partial charge in [-0.2, -0.15) is 4.40 Å². The first kappa shape index (κ1) is 20.2. The summed E-state index contributed by atoms with van der Waals surface area (Å²) in [5, 5.41) is 12.2. The largest absolute Gasteiger partial charge is 0.493 e. The molecule has 0 bridgehead atoms. The number of carbonyl (C=O) groups excluding carboxylic acids is 1. The average Bonchev–Trinajstić information content (AvgIpc) is 2.55. The Labute approximate surface area is 155 Å². The monoisotopic (exact) mass is 382 g/mol. The zero-order valence-electron chi connectivity index (χ0n) is 15.1. The Morgan fingerprint density at radius 3 is 2.81 bits per heavy atom. The van der Waals surface area contributed by atoms with Crippen LogP contribution in [0.3, 0.4) is 0 Å². The molecule has 0 fully saturated rings. The number of rotatable bonds is 9. The van der Waals surface area contributed by atoms with Crippen LogP contribution in [0.25, 0.3) is 0 Å². The third-order valence-corrected chi connectivity index (χ3v) is 4.59. The second-order valence-electron chi connectivity index (χ2n) is 6.58. The van der Waals surface area contributed by atoms with Gasteiger partial charge in [-0.1, -0.05) is 18.9 Å². The number of ether oxygens (including phenoxy) is 1. The fourth-order valence-electron chi connectivity index (χ4n) is 2.43. The molecule has 1 heterocycles. The van der Waals surface area contributed by atoms with Crippen LogP contribution in [0.2, 0.25) is 0 Å². The molecule has 8 nitrogen and oxygen atoms in total. The number of amides is 1. The van der Waals surface area contributed by atoms with Crippen molar-refractivity contribution in [3.05, 3.63) is 23.8 Å². The molecular weight excluding hydrogens is 356 g/mol. The molecule has 2 rings (SSSR count). The van der Waals surface area contributed by atoms with Crippen LogP contribution in [0, 0.1) is 0 Å². The number of benzene rings is 1. The van der Waals surface area contributed by atoms with Crippen LogP contribution in [-0.2, 0) is 16.0 Å². The third kappa shape index (κ3) is 5.70. The average molecular weight is 382 g/mol. The van der Waals surface area contributed by atoms with Crippen LogP contribution in [0.5, 0.6) is 5.75 Å². The van der Waals surface area contributed by atoms with Crippen LogP contribution >= 0.6 is 0 Å². The van der Waals surface area contributed by atoms with Gasteiger partial charge in [0.1, 0.15) is 17.2 Å².